The van der Waals surface area contributed by atoms with E-state index in [0.717, 1.165) is 76.4 Å². The van der Waals surface area contributed by atoms with E-state index in [9.17, 15) is 9.59 Å². The summed E-state index contributed by atoms with van der Waals surface area (Å²) >= 11 is 0. The molecule has 1 spiro atoms. The van der Waals surface area contributed by atoms with Crippen LogP contribution in [0, 0.1) is 11.3 Å². The number of carbonyl (C=O) groups is 2. The Hall–Kier alpha value is -2.08. The molecular formula is C33H51N3O3. The first-order valence-electron chi connectivity index (χ1n) is 15.9. The Morgan fingerprint density at radius 1 is 0.923 bits per heavy atom. The third kappa shape index (κ3) is 7.17. The van der Waals surface area contributed by atoms with Crippen molar-refractivity contribution in [3.8, 4) is 5.75 Å². The van der Waals surface area contributed by atoms with Gasteiger partial charge >= 0.3 is 0 Å². The third-order valence-electron chi connectivity index (χ3n) is 10.4. The number of nitrogens with zero attached hydrogens (tertiary/aromatic N) is 3. The predicted octanol–water partition coefficient (Wildman–Crippen LogP) is 5.68. The average molecular weight is 538 g/mol. The van der Waals surface area contributed by atoms with Crippen LogP contribution in [0.3, 0.4) is 0 Å². The number of piperidine rings is 2. The number of aryl methyl sites for hydroxylation is 1. The second-order valence-electron chi connectivity index (χ2n) is 13.1. The van der Waals surface area contributed by atoms with Gasteiger partial charge in [-0.2, -0.15) is 0 Å². The summed E-state index contributed by atoms with van der Waals surface area (Å²) in [6.07, 6.45) is 15.8. The Morgan fingerprint density at radius 3 is 2.38 bits per heavy atom. The maximum Gasteiger partial charge on any atom is 0.263 e. The molecule has 0 bridgehead atoms. The number of hydrogen-bond acceptors (Lipinski definition) is 4. The first kappa shape index (κ1) is 28.4. The zero-order valence-electron chi connectivity index (χ0n) is 24.5. The molecule has 3 aliphatic heterocycles. The van der Waals surface area contributed by atoms with Crippen LogP contribution in [-0.4, -0.2) is 78.4 Å². The predicted molar refractivity (Wildman–Crippen MR) is 156 cm³/mol. The molecule has 3 heterocycles. The van der Waals surface area contributed by atoms with E-state index in [1.807, 2.05) is 31.0 Å². The normalized spacial score (nSPS) is 26.4. The van der Waals surface area contributed by atoms with Gasteiger partial charge in [0.25, 0.3) is 5.91 Å². The molecule has 1 aromatic carbocycles. The topological polar surface area (TPSA) is 53.1 Å². The van der Waals surface area contributed by atoms with Crippen molar-refractivity contribution in [1.29, 1.82) is 0 Å². The highest BCUT2D eigenvalue weighted by Gasteiger charge is 2.39. The van der Waals surface area contributed by atoms with Crippen molar-refractivity contribution in [2.75, 3.05) is 39.8 Å². The van der Waals surface area contributed by atoms with Crippen molar-refractivity contribution in [3.63, 3.8) is 0 Å². The number of likely N-dealkylation sites (N-methyl/N-ethyl adjacent to an activating group) is 1. The van der Waals surface area contributed by atoms with Crippen LogP contribution >= 0.6 is 0 Å². The summed E-state index contributed by atoms with van der Waals surface area (Å²) in [5.41, 5.74) is 1.28. The summed E-state index contributed by atoms with van der Waals surface area (Å²) in [7, 11) is 1.93. The van der Waals surface area contributed by atoms with Gasteiger partial charge in [-0.1, -0.05) is 43.9 Å². The monoisotopic (exact) mass is 537 g/mol. The number of carbonyl (C=O) groups excluding carboxylic acids is 2. The fourth-order valence-corrected chi connectivity index (χ4v) is 7.84. The van der Waals surface area contributed by atoms with Crippen molar-refractivity contribution >= 4 is 11.8 Å². The van der Waals surface area contributed by atoms with Crippen LogP contribution in [0.25, 0.3) is 0 Å². The Balaban J connectivity index is 1.14. The Labute approximate surface area is 236 Å². The summed E-state index contributed by atoms with van der Waals surface area (Å²) in [4.78, 5) is 33.3. The maximum atomic E-state index is 13.3. The molecule has 0 aromatic heterocycles. The molecule has 39 heavy (non-hydrogen) atoms. The molecule has 0 radical (unpaired) electrons. The molecule has 6 nitrogen and oxygen atoms in total. The lowest BCUT2D eigenvalue weighted by molar-refractivity contribution is -0.141. The number of fused-ring (bicyclic) bond motifs is 1. The zero-order chi connectivity index (χ0) is 27.2. The van der Waals surface area contributed by atoms with E-state index in [1.54, 1.807) is 0 Å². The molecule has 3 fully saturated rings. The first-order valence-corrected chi connectivity index (χ1v) is 15.9. The number of para-hydroxylation sites is 1. The van der Waals surface area contributed by atoms with Crippen molar-refractivity contribution in [2.45, 2.75) is 109 Å². The van der Waals surface area contributed by atoms with Crippen molar-refractivity contribution in [3.05, 3.63) is 29.8 Å². The van der Waals surface area contributed by atoms with E-state index < -0.39 is 6.10 Å². The average Bonchev–Trinajstić information content (AvgIpc) is 2.96. The summed E-state index contributed by atoms with van der Waals surface area (Å²) in [6, 6.07) is 8.95. The van der Waals surface area contributed by atoms with E-state index in [2.05, 4.69) is 21.9 Å². The summed E-state index contributed by atoms with van der Waals surface area (Å²) in [6.45, 7) is 6.64. The number of benzene rings is 1. The highest BCUT2D eigenvalue weighted by Crippen LogP contribution is 2.39. The van der Waals surface area contributed by atoms with E-state index in [4.69, 9.17) is 4.74 Å². The van der Waals surface area contributed by atoms with Crippen molar-refractivity contribution < 1.29 is 14.3 Å². The summed E-state index contributed by atoms with van der Waals surface area (Å²) in [5, 5.41) is 0. The lowest BCUT2D eigenvalue weighted by Crippen LogP contribution is -2.50. The minimum Gasteiger partial charge on any atom is -0.481 e. The smallest absolute Gasteiger partial charge is 0.263 e. The van der Waals surface area contributed by atoms with Crippen LogP contribution in [0.5, 0.6) is 5.75 Å². The third-order valence-corrected chi connectivity index (χ3v) is 10.4. The molecule has 1 aliphatic carbocycles. The van der Waals surface area contributed by atoms with Gasteiger partial charge in [-0.15, -0.1) is 0 Å². The van der Waals surface area contributed by atoms with Gasteiger partial charge in [0.1, 0.15) is 5.75 Å². The minimum atomic E-state index is -0.501. The van der Waals surface area contributed by atoms with Crippen molar-refractivity contribution in [1.82, 2.24) is 14.7 Å². The molecule has 1 saturated carbocycles. The number of rotatable bonds is 3. The van der Waals surface area contributed by atoms with Gasteiger partial charge in [-0.25, -0.2) is 0 Å². The fraction of sp³-hybridized carbons (Fsp3) is 0.758. The van der Waals surface area contributed by atoms with E-state index in [0.29, 0.717) is 11.8 Å². The van der Waals surface area contributed by atoms with Crippen LogP contribution in [0.4, 0.5) is 0 Å². The van der Waals surface area contributed by atoms with Gasteiger partial charge < -0.3 is 19.4 Å². The zero-order valence-corrected chi connectivity index (χ0v) is 24.5. The van der Waals surface area contributed by atoms with Crippen LogP contribution in [-0.2, 0) is 16.0 Å². The second-order valence-corrected chi connectivity index (χ2v) is 13.1. The van der Waals surface area contributed by atoms with Gasteiger partial charge in [0.05, 0.1) is 0 Å². The highest BCUT2D eigenvalue weighted by atomic mass is 16.5. The van der Waals surface area contributed by atoms with E-state index in [-0.39, 0.29) is 11.3 Å². The van der Waals surface area contributed by atoms with Gasteiger partial charge in [0.2, 0.25) is 5.91 Å². The van der Waals surface area contributed by atoms with Gasteiger partial charge in [0.15, 0.2) is 6.10 Å². The van der Waals surface area contributed by atoms with E-state index >= 15 is 0 Å². The number of amides is 2. The Bertz CT molecular complexity index is 959. The molecule has 4 aliphatic rings. The molecule has 1 atom stereocenters. The number of likely N-dealkylation sites (tertiary alicyclic amines) is 2. The molecule has 2 amide bonds. The fourth-order valence-electron chi connectivity index (χ4n) is 7.84. The molecule has 0 unspecified atom stereocenters. The summed E-state index contributed by atoms with van der Waals surface area (Å²) < 4.78 is 6.14. The van der Waals surface area contributed by atoms with Gasteiger partial charge in [-0.3, -0.25) is 9.59 Å². The van der Waals surface area contributed by atoms with Crippen LogP contribution in [0.1, 0.15) is 96.0 Å². The molecule has 2 saturated heterocycles. The van der Waals surface area contributed by atoms with Crippen molar-refractivity contribution in [2.24, 2.45) is 11.3 Å². The Morgan fingerprint density at radius 2 is 1.64 bits per heavy atom. The first-order chi connectivity index (χ1) is 18.9. The standard InChI is InChI=1S/C33H51N3O3/c1-26-32(38)34(2)25-33(17-9-8-11-28-10-6-7-14-30(28)39-26)18-22-36(23-19-33)31(37)24-27-15-20-35(21-16-27)29-12-4-3-5-13-29/h6-7,10,14,26-27,29H,3-5,8-9,11-13,15-25H2,1-2H3/t26-/m1/s1. The largest absolute Gasteiger partial charge is 0.481 e. The number of hydrogen-bond donors (Lipinski definition) is 0. The SMILES string of the molecule is C[C@H]1Oc2ccccc2CCCCC2(CCN(C(=O)CC3CCN(C4CCCCC4)CC3)CC2)CN(C)C1=O. The van der Waals surface area contributed by atoms with E-state index in [1.165, 1.54) is 63.6 Å². The van der Waals surface area contributed by atoms with Crippen LogP contribution in [0.2, 0.25) is 0 Å². The molecule has 0 N–H and O–H groups in total. The lowest BCUT2D eigenvalue weighted by Gasteiger charge is -2.45. The quantitative estimate of drug-likeness (QED) is 0.498. The van der Waals surface area contributed by atoms with Gasteiger partial charge in [-0.05, 0) is 101 Å². The second kappa shape index (κ2) is 13.1. The molecule has 5 rings (SSSR count). The molecular weight excluding hydrogens is 486 g/mol. The molecule has 6 heteroatoms. The minimum absolute atomic E-state index is 0.0443. The Kier molecular flexibility index (Phi) is 9.52. The molecule has 1 aromatic rings. The maximum absolute atomic E-state index is 13.3. The van der Waals surface area contributed by atoms with Gasteiger partial charge in [0, 0.05) is 39.1 Å². The number of ether oxygens (including phenoxy) is 1. The summed E-state index contributed by atoms with van der Waals surface area (Å²) in [5.74, 6) is 1.79. The highest BCUT2D eigenvalue weighted by molar-refractivity contribution is 5.80. The lowest BCUT2D eigenvalue weighted by atomic mass is 9.73. The van der Waals surface area contributed by atoms with Crippen LogP contribution < -0.4 is 4.74 Å². The molecule has 216 valence electrons. The van der Waals surface area contributed by atoms with Crippen LogP contribution in [0.15, 0.2) is 24.3 Å².